The lowest BCUT2D eigenvalue weighted by molar-refractivity contribution is -0.133. The lowest BCUT2D eigenvalue weighted by Crippen LogP contribution is -2.56. The highest BCUT2D eigenvalue weighted by molar-refractivity contribution is 6.35. The number of benzene rings is 3. The molecule has 2 N–H and O–H groups in total. The minimum atomic E-state index is -2.65. The van der Waals surface area contributed by atoms with Crippen LogP contribution in [0.4, 0.5) is 13.2 Å². The molecular weight excluding hydrogens is 669 g/mol. The van der Waals surface area contributed by atoms with Crippen molar-refractivity contribution in [2.24, 2.45) is 7.05 Å². The van der Waals surface area contributed by atoms with E-state index >= 15 is 0 Å². The Morgan fingerprint density at radius 2 is 1.88 bits per heavy atom. The van der Waals surface area contributed by atoms with E-state index in [1.165, 1.54) is 12.1 Å². The Morgan fingerprint density at radius 3 is 2.64 bits per heavy atom. The molecule has 7 rings (SSSR count). The number of fused-ring (bicyclic) bond motifs is 3. The molecule has 2 aromatic heterocycles. The van der Waals surface area contributed by atoms with Crippen molar-refractivity contribution in [3.63, 3.8) is 0 Å². The second kappa shape index (κ2) is 14.2. The summed E-state index contributed by atoms with van der Waals surface area (Å²) in [5, 5.41) is 29.7. The number of alkyl halides is 2. The number of aromatic nitrogens is 3. The van der Waals surface area contributed by atoms with Crippen molar-refractivity contribution in [3.05, 3.63) is 82.0 Å². The van der Waals surface area contributed by atoms with E-state index in [0.717, 1.165) is 44.1 Å². The smallest absolute Gasteiger partial charge is 0.272 e. The zero-order valence-corrected chi connectivity index (χ0v) is 29.0. The van der Waals surface area contributed by atoms with Gasteiger partial charge in [-0.1, -0.05) is 36.7 Å². The zero-order valence-electron chi connectivity index (χ0n) is 28.3. The third kappa shape index (κ3) is 6.62. The van der Waals surface area contributed by atoms with E-state index in [1.807, 2.05) is 53.6 Å². The van der Waals surface area contributed by atoms with Crippen LogP contribution in [-0.2, 0) is 31.2 Å². The lowest BCUT2D eigenvalue weighted by atomic mass is 9.94. The standard InChI is InChI=1S/C38H42ClF3N4O4/c1-3-29-33-32-28(39)14-13-27-26(9-7-19-49-30-10-6-8-23-20-24(40)11-12-25(23)30)36(37(47)48)46(35(27)32)16-4-5-18-50-31(34(33)43-44(29)2)15-17-45-21-38(41,42)22-45/h6,8,10-14,20,31,37,47-48H,3-5,7,9,15-19,21-22H2,1-2H3. The predicted molar refractivity (Wildman–Crippen MR) is 187 cm³/mol. The maximum Gasteiger partial charge on any atom is 0.272 e. The van der Waals surface area contributed by atoms with E-state index < -0.39 is 18.3 Å². The van der Waals surface area contributed by atoms with Crippen LogP contribution < -0.4 is 4.74 Å². The summed E-state index contributed by atoms with van der Waals surface area (Å²) in [5.74, 6) is -2.30. The van der Waals surface area contributed by atoms with Crippen LogP contribution in [0.25, 0.3) is 32.8 Å². The molecule has 0 saturated carbocycles. The van der Waals surface area contributed by atoms with Crippen LogP contribution in [0.15, 0.2) is 48.5 Å². The Morgan fingerprint density at radius 1 is 1.08 bits per heavy atom. The molecule has 5 aromatic rings. The molecular formula is C38H42ClF3N4O4. The van der Waals surface area contributed by atoms with Gasteiger partial charge < -0.3 is 24.3 Å². The van der Waals surface area contributed by atoms with Gasteiger partial charge in [0.2, 0.25) is 0 Å². The third-order valence-electron chi connectivity index (χ3n) is 9.99. The Balaban J connectivity index is 1.27. The molecule has 0 spiro atoms. The Kier molecular flexibility index (Phi) is 9.88. The number of aliphatic hydroxyl groups excluding tert-OH is 1. The number of ether oxygens (including phenoxy) is 2. The van der Waals surface area contributed by atoms with Crippen molar-refractivity contribution in [3.8, 4) is 16.9 Å². The predicted octanol–water partition coefficient (Wildman–Crippen LogP) is 7.74. The first-order valence-electron chi connectivity index (χ1n) is 17.3. The summed E-state index contributed by atoms with van der Waals surface area (Å²) < 4.78 is 57.6. The second-order valence-electron chi connectivity index (χ2n) is 13.4. The fourth-order valence-corrected chi connectivity index (χ4v) is 8.02. The van der Waals surface area contributed by atoms with E-state index in [9.17, 15) is 23.4 Å². The van der Waals surface area contributed by atoms with Crippen LogP contribution >= 0.6 is 11.6 Å². The first kappa shape index (κ1) is 34.8. The molecule has 3 aromatic carbocycles. The summed E-state index contributed by atoms with van der Waals surface area (Å²) in [7, 11) is 1.89. The largest absolute Gasteiger partial charge is 0.493 e. The van der Waals surface area contributed by atoms with Gasteiger partial charge in [0.25, 0.3) is 5.92 Å². The summed E-state index contributed by atoms with van der Waals surface area (Å²) in [4.78, 5) is 1.74. The summed E-state index contributed by atoms with van der Waals surface area (Å²) in [6.45, 7) is 3.30. The van der Waals surface area contributed by atoms with Gasteiger partial charge in [0.1, 0.15) is 17.7 Å². The van der Waals surface area contributed by atoms with Crippen molar-refractivity contribution >= 4 is 33.3 Å². The van der Waals surface area contributed by atoms with E-state index in [4.69, 9.17) is 26.2 Å². The van der Waals surface area contributed by atoms with Gasteiger partial charge in [-0.3, -0.25) is 9.58 Å². The zero-order chi connectivity index (χ0) is 35.2. The monoisotopic (exact) mass is 710 g/mol. The van der Waals surface area contributed by atoms with Gasteiger partial charge >= 0.3 is 0 Å². The average molecular weight is 711 g/mol. The Bertz CT molecular complexity index is 2020. The normalized spacial score (nSPS) is 18.0. The second-order valence-corrected chi connectivity index (χ2v) is 13.8. The number of likely N-dealkylation sites (tertiary alicyclic amines) is 1. The minimum Gasteiger partial charge on any atom is -0.493 e. The molecule has 2 aliphatic heterocycles. The molecule has 0 bridgehead atoms. The van der Waals surface area contributed by atoms with Gasteiger partial charge in [-0.2, -0.15) is 5.10 Å². The van der Waals surface area contributed by atoms with Gasteiger partial charge in [0, 0.05) is 54.3 Å². The van der Waals surface area contributed by atoms with E-state index in [1.54, 1.807) is 11.0 Å². The van der Waals surface area contributed by atoms with Gasteiger partial charge in [-0.15, -0.1) is 0 Å². The van der Waals surface area contributed by atoms with Crippen LogP contribution in [0.5, 0.6) is 5.75 Å². The summed E-state index contributed by atoms with van der Waals surface area (Å²) in [6, 6.07) is 13.9. The Hall–Kier alpha value is -3.61. The molecule has 8 nitrogen and oxygen atoms in total. The van der Waals surface area contributed by atoms with Crippen molar-refractivity contribution in [1.29, 1.82) is 0 Å². The molecule has 4 heterocycles. The maximum atomic E-state index is 13.8. The fourth-order valence-electron chi connectivity index (χ4n) is 7.77. The molecule has 1 fully saturated rings. The highest BCUT2D eigenvalue weighted by Crippen LogP contribution is 2.46. The molecule has 0 aliphatic carbocycles. The molecule has 50 heavy (non-hydrogen) atoms. The van der Waals surface area contributed by atoms with Crippen LogP contribution in [0.3, 0.4) is 0 Å². The van der Waals surface area contributed by atoms with Crippen molar-refractivity contribution in [2.75, 3.05) is 32.8 Å². The number of aryl methyl sites for hydroxylation is 3. The number of hydrogen-bond donors (Lipinski definition) is 2. The summed E-state index contributed by atoms with van der Waals surface area (Å²) in [6.07, 6.45) is 1.46. The summed E-state index contributed by atoms with van der Waals surface area (Å²) in [5.41, 5.74) is 5.28. The molecule has 0 radical (unpaired) electrons. The van der Waals surface area contributed by atoms with E-state index in [2.05, 4.69) is 0 Å². The number of rotatable bonds is 10. The van der Waals surface area contributed by atoms with Gasteiger partial charge in [0.15, 0.2) is 6.29 Å². The average Bonchev–Trinajstić information content (AvgIpc) is 3.55. The maximum absolute atomic E-state index is 13.8. The van der Waals surface area contributed by atoms with Crippen LogP contribution in [-0.4, -0.2) is 68.2 Å². The molecule has 12 heteroatoms. The number of nitrogens with zero attached hydrogens (tertiary/aromatic N) is 4. The van der Waals surface area contributed by atoms with Gasteiger partial charge in [-0.05, 0) is 79.8 Å². The third-order valence-corrected chi connectivity index (χ3v) is 10.3. The number of halogens is 4. The fraction of sp³-hybridized carbons (Fsp3) is 0.447. The highest BCUT2D eigenvalue weighted by atomic mass is 35.5. The summed E-state index contributed by atoms with van der Waals surface area (Å²) >= 11 is 7.12. The molecule has 2 aliphatic rings. The van der Waals surface area contributed by atoms with Crippen LogP contribution in [0, 0.1) is 5.82 Å². The SMILES string of the molecule is CCc1c2c(nn1C)C(CCN1CC(F)(F)C1)OCCCCn1c(C(O)O)c(CCCOc3cccc4cc(F)ccc34)c3ccc(Cl)c-2c31. The topological polar surface area (TPSA) is 84.9 Å². The number of aliphatic hydroxyl groups is 2. The molecule has 266 valence electrons. The van der Waals surface area contributed by atoms with Crippen LogP contribution in [0.2, 0.25) is 5.02 Å². The Labute approximate surface area is 294 Å². The molecule has 0 amide bonds. The first-order chi connectivity index (χ1) is 24.1. The van der Waals surface area contributed by atoms with E-state index in [0.29, 0.717) is 87.0 Å². The van der Waals surface area contributed by atoms with E-state index in [-0.39, 0.29) is 18.9 Å². The van der Waals surface area contributed by atoms with Crippen LogP contribution in [0.1, 0.15) is 67.6 Å². The van der Waals surface area contributed by atoms with Gasteiger partial charge in [0.05, 0.1) is 41.6 Å². The van der Waals surface area contributed by atoms with Gasteiger partial charge in [-0.25, -0.2) is 13.2 Å². The van der Waals surface area contributed by atoms with Crippen molar-refractivity contribution < 1.29 is 32.9 Å². The lowest BCUT2D eigenvalue weighted by Gasteiger charge is -2.39. The highest BCUT2D eigenvalue weighted by Gasteiger charge is 2.43. The van der Waals surface area contributed by atoms with Crippen molar-refractivity contribution in [2.45, 2.75) is 70.3 Å². The minimum absolute atomic E-state index is 0.254. The first-order valence-corrected chi connectivity index (χ1v) is 17.7. The molecule has 1 unspecified atom stereocenters. The number of hydrogen-bond acceptors (Lipinski definition) is 6. The quantitative estimate of drug-likeness (QED) is 0.114. The van der Waals surface area contributed by atoms with Crippen molar-refractivity contribution in [1.82, 2.24) is 19.2 Å². The molecule has 1 atom stereocenters. The molecule has 1 saturated heterocycles.